The molecule has 2 atom stereocenters. The molecule has 3 nitrogen and oxygen atoms in total. The summed E-state index contributed by atoms with van der Waals surface area (Å²) in [4.78, 5) is 14.6. The third kappa shape index (κ3) is 4.21. The van der Waals surface area contributed by atoms with Crippen LogP contribution in [0.1, 0.15) is 45.1 Å². The van der Waals surface area contributed by atoms with E-state index in [1.807, 2.05) is 19.1 Å². The Morgan fingerprint density at radius 3 is 2.62 bits per heavy atom. The number of piperidine rings is 1. The van der Waals surface area contributed by atoms with E-state index in [4.69, 9.17) is 11.6 Å². The topological polar surface area (TPSA) is 32.3 Å². The SMILES string of the molecule is Cc1cccc(Cl)c1NC(=O)CCN1C(C)CCCC1C. The van der Waals surface area contributed by atoms with Crippen LogP contribution in [0.15, 0.2) is 18.2 Å². The second kappa shape index (κ2) is 7.28. The molecule has 4 heteroatoms. The number of hydrogen-bond donors (Lipinski definition) is 1. The molecule has 1 heterocycles. The Labute approximate surface area is 132 Å². The first kappa shape index (κ1) is 16.3. The number of amides is 1. The summed E-state index contributed by atoms with van der Waals surface area (Å²) in [5.74, 6) is 0.0381. The van der Waals surface area contributed by atoms with Gasteiger partial charge in [-0.2, -0.15) is 0 Å². The lowest BCUT2D eigenvalue weighted by Crippen LogP contribution is -2.44. The van der Waals surface area contributed by atoms with Crippen molar-refractivity contribution >= 4 is 23.2 Å². The van der Waals surface area contributed by atoms with E-state index in [1.165, 1.54) is 19.3 Å². The molecule has 0 bridgehead atoms. The van der Waals surface area contributed by atoms with Gasteiger partial charge in [-0.1, -0.05) is 30.2 Å². The summed E-state index contributed by atoms with van der Waals surface area (Å²) in [5.41, 5.74) is 1.74. The minimum Gasteiger partial charge on any atom is -0.325 e. The average molecular weight is 309 g/mol. The van der Waals surface area contributed by atoms with Crippen molar-refractivity contribution < 1.29 is 4.79 Å². The first-order valence-electron chi connectivity index (χ1n) is 7.79. The lowest BCUT2D eigenvalue weighted by molar-refractivity contribution is -0.116. The summed E-state index contributed by atoms with van der Waals surface area (Å²) in [6.45, 7) is 7.28. The number of aryl methyl sites for hydroxylation is 1. The highest BCUT2D eigenvalue weighted by Gasteiger charge is 2.24. The summed E-state index contributed by atoms with van der Waals surface area (Å²) < 4.78 is 0. The number of hydrogen-bond acceptors (Lipinski definition) is 2. The predicted octanol–water partition coefficient (Wildman–Crippen LogP) is 4.24. The number of carbonyl (C=O) groups excluding carboxylic acids is 1. The molecule has 0 saturated carbocycles. The maximum atomic E-state index is 12.2. The molecular formula is C17H25ClN2O. The fraction of sp³-hybridized carbons (Fsp3) is 0.588. The Morgan fingerprint density at radius 1 is 1.33 bits per heavy atom. The molecule has 0 radical (unpaired) electrons. The van der Waals surface area contributed by atoms with Crippen LogP contribution in [0.25, 0.3) is 0 Å². The van der Waals surface area contributed by atoms with Crippen LogP contribution in [0.2, 0.25) is 5.02 Å². The summed E-state index contributed by atoms with van der Waals surface area (Å²) >= 11 is 6.14. The van der Waals surface area contributed by atoms with Gasteiger partial charge in [0.05, 0.1) is 10.7 Å². The van der Waals surface area contributed by atoms with Gasteiger partial charge in [-0.15, -0.1) is 0 Å². The average Bonchev–Trinajstić information content (AvgIpc) is 2.42. The van der Waals surface area contributed by atoms with Gasteiger partial charge in [0.15, 0.2) is 0 Å². The van der Waals surface area contributed by atoms with Crippen LogP contribution < -0.4 is 5.32 Å². The van der Waals surface area contributed by atoms with Gasteiger partial charge in [-0.3, -0.25) is 9.69 Å². The van der Waals surface area contributed by atoms with Gasteiger partial charge in [0.1, 0.15) is 0 Å². The molecule has 1 amide bonds. The summed E-state index contributed by atoms with van der Waals surface area (Å²) in [5, 5.41) is 3.55. The van der Waals surface area contributed by atoms with Crippen molar-refractivity contribution in [3.63, 3.8) is 0 Å². The number of carbonyl (C=O) groups is 1. The zero-order valence-electron chi connectivity index (χ0n) is 13.2. The van der Waals surface area contributed by atoms with E-state index < -0.39 is 0 Å². The van der Waals surface area contributed by atoms with Gasteiger partial charge < -0.3 is 5.32 Å². The first-order chi connectivity index (χ1) is 9.99. The van der Waals surface area contributed by atoms with E-state index in [-0.39, 0.29) is 5.91 Å². The van der Waals surface area contributed by atoms with Gasteiger partial charge in [0.25, 0.3) is 0 Å². The van der Waals surface area contributed by atoms with Crippen molar-refractivity contribution in [2.24, 2.45) is 0 Å². The van der Waals surface area contributed by atoms with Crippen LogP contribution in [0.3, 0.4) is 0 Å². The lowest BCUT2D eigenvalue weighted by Gasteiger charge is -2.38. The van der Waals surface area contributed by atoms with Crippen LogP contribution in [-0.4, -0.2) is 29.4 Å². The fourth-order valence-corrected chi connectivity index (χ4v) is 3.41. The van der Waals surface area contributed by atoms with Crippen molar-refractivity contribution in [1.82, 2.24) is 4.90 Å². The molecule has 1 aromatic carbocycles. The van der Waals surface area contributed by atoms with Crippen molar-refractivity contribution in [1.29, 1.82) is 0 Å². The van der Waals surface area contributed by atoms with Gasteiger partial charge >= 0.3 is 0 Å². The van der Waals surface area contributed by atoms with Crippen molar-refractivity contribution in [3.8, 4) is 0 Å². The Hall–Kier alpha value is -1.06. The minimum atomic E-state index is 0.0381. The molecular weight excluding hydrogens is 284 g/mol. The third-order valence-corrected chi connectivity index (χ3v) is 4.77. The number of nitrogens with one attached hydrogen (secondary N) is 1. The molecule has 1 aliphatic heterocycles. The van der Waals surface area contributed by atoms with Crippen LogP contribution in [-0.2, 0) is 4.79 Å². The molecule has 2 unspecified atom stereocenters. The maximum Gasteiger partial charge on any atom is 0.225 e. The van der Waals surface area contributed by atoms with Gasteiger partial charge in [-0.25, -0.2) is 0 Å². The number of halogens is 1. The molecule has 1 fully saturated rings. The maximum absolute atomic E-state index is 12.2. The van der Waals surface area contributed by atoms with Gasteiger partial charge in [0.2, 0.25) is 5.91 Å². The highest BCUT2D eigenvalue weighted by Crippen LogP contribution is 2.26. The Kier molecular flexibility index (Phi) is 5.65. The van der Waals surface area contributed by atoms with Crippen LogP contribution in [0, 0.1) is 6.92 Å². The quantitative estimate of drug-likeness (QED) is 0.902. The molecule has 2 rings (SSSR count). The number of anilines is 1. The normalized spacial score (nSPS) is 23.0. The smallest absolute Gasteiger partial charge is 0.225 e. The van der Waals surface area contributed by atoms with Gasteiger partial charge in [-0.05, 0) is 45.2 Å². The third-order valence-electron chi connectivity index (χ3n) is 4.46. The van der Waals surface area contributed by atoms with Gasteiger partial charge in [0, 0.05) is 25.0 Å². The van der Waals surface area contributed by atoms with E-state index in [0.29, 0.717) is 23.5 Å². The lowest BCUT2D eigenvalue weighted by atomic mass is 9.97. The summed E-state index contributed by atoms with van der Waals surface area (Å²) in [6.07, 6.45) is 4.27. The monoisotopic (exact) mass is 308 g/mol. The van der Waals surface area contributed by atoms with E-state index >= 15 is 0 Å². The van der Waals surface area contributed by atoms with E-state index in [0.717, 1.165) is 17.8 Å². The second-order valence-corrected chi connectivity index (χ2v) is 6.50. The number of nitrogens with zero attached hydrogens (tertiary/aromatic N) is 1. The predicted molar refractivity (Wildman–Crippen MR) is 88.9 cm³/mol. The standard InChI is InChI=1S/C17H25ClN2O/c1-12-6-4-9-15(18)17(12)19-16(21)10-11-20-13(2)7-5-8-14(20)3/h4,6,9,13-14H,5,7-8,10-11H2,1-3H3,(H,19,21). The van der Waals surface area contributed by atoms with Crippen molar-refractivity contribution in [2.45, 2.75) is 58.5 Å². The highest BCUT2D eigenvalue weighted by atomic mass is 35.5. The van der Waals surface area contributed by atoms with E-state index in [9.17, 15) is 4.79 Å². The Bertz CT molecular complexity index is 473. The summed E-state index contributed by atoms with van der Waals surface area (Å²) in [7, 11) is 0. The first-order valence-corrected chi connectivity index (χ1v) is 8.17. The van der Waals surface area contributed by atoms with E-state index in [1.54, 1.807) is 6.07 Å². The highest BCUT2D eigenvalue weighted by molar-refractivity contribution is 6.33. The Morgan fingerprint density at radius 2 is 2.00 bits per heavy atom. The molecule has 1 aliphatic rings. The molecule has 1 N–H and O–H groups in total. The fourth-order valence-electron chi connectivity index (χ4n) is 3.14. The molecule has 21 heavy (non-hydrogen) atoms. The number of benzene rings is 1. The van der Waals surface area contributed by atoms with Crippen molar-refractivity contribution in [2.75, 3.05) is 11.9 Å². The molecule has 0 aromatic heterocycles. The molecule has 1 saturated heterocycles. The molecule has 0 spiro atoms. The van der Waals surface area contributed by atoms with Crippen LogP contribution in [0.5, 0.6) is 0 Å². The van der Waals surface area contributed by atoms with E-state index in [2.05, 4.69) is 24.1 Å². The van der Waals surface area contributed by atoms with Crippen molar-refractivity contribution in [3.05, 3.63) is 28.8 Å². The number of para-hydroxylation sites is 1. The van der Waals surface area contributed by atoms with Crippen LogP contribution in [0.4, 0.5) is 5.69 Å². The zero-order chi connectivity index (χ0) is 15.4. The Balaban J connectivity index is 1.90. The number of likely N-dealkylation sites (tertiary alicyclic amines) is 1. The minimum absolute atomic E-state index is 0.0381. The number of rotatable bonds is 4. The second-order valence-electron chi connectivity index (χ2n) is 6.10. The molecule has 116 valence electrons. The molecule has 1 aromatic rings. The zero-order valence-corrected chi connectivity index (χ0v) is 13.9. The largest absolute Gasteiger partial charge is 0.325 e. The van der Waals surface area contributed by atoms with Crippen LogP contribution >= 0.6 is 11.6 Å². The summed E-state index contributed by atoms with van der Waals surface area (Å²) in [6, 6.07) is 6.80. The molecule has 0 aliphatic carbocycles.